The molecule has 0 bridgehead atoms. The quantitative estimate of drug-likeness (QED) is 0.388. The standard InChI is InChI=1S/C16H18N2O2/c1-10-4-5-14(16(17)18-19)15(9-10)20-13-7-11(2)6-12(3)8-13/h4-9,19H,1-3H3,(H2,17,18). The number of amidine groups is 1. The summed E-state index contributed by atoms with van der Waals surface area (Å²) in [4.78, 5) is 0. The highest BCUT2D eigenvalue weighted by Gasteiger charge is 2.10. The van der Waals surface area contributed by atoms with E-state index in [0.717, 1.165) is 22.4 Å². The van der Waals surface area contributed by atoms with Crippen LogP contribution in [-0.2, 0) is 0 Å². The van der Waals surface area contributed by atoms with Crippen molar-refractivity contribution < 1.29 is 9.94 Å². The maximum Gasteiger partial charge on any atom is 0.173 e. The van der Waals surface area contributed by atoms with Crippen molar-refractivity contribution in [3.8, 4) is 11.5 Å². The van der Waals surface area contributed by atoms with E-state index in [1.165, 1.54) is 0 Å². The molecule has 2 rings (SSSR count). The van der Waals surface area contributed by atoms with Gasteiger partial charge in [-0.25, -0.2) is 0 Å². The van der Waals surface area contributed by atoms with Crippen LogP contribution in [-0.4, -0.2) is 11.0 Å². The maximum absolute atomic E-state index is 8.84. The molecule has 2 aromatic rings. The average Bonchev–Trinajstić information content (AvgIpc) is 2.37. The van der Waals surface area contributed by atoms with Gasteiger partial charge in [-0.1, -0.05) is 17.3 Å². The molecular formula is C16H18N2O2. The molecule has 0 radical (unpaired) electrons. The van der Waals surface area contributed by atoms with Gasteiger partial charge in [0.1, 0.15) is 11.5 Å². The monoisotopic (exact) mass is 270 g/mol. The first-order valence-electron chi connectivity index (χ1n) is 6.34. The van der Waals surface area contributed by atoms with Gasteiger partial charge in [-0.15, -0.1) is 0 Å². The number of hydrogen-bond acceptors (Lipinski definition) is 3. The second-order valence-corrected chi connectivity index (χ2v) is 4.91. The van der Waals surface area contributed by atoms with Crippen LogP contribution in [0.3, 0.4) is 0 Å². The number of rotatable bonds is 3. The summed E-state index contributed by atoms with van der Waals surface area (Å²) in [5, 5.41) is 11.9. The fraction of sp³-hybridized carbons (Fsp3) is 0.188. The largest absolute Gasteiger partial charge is 0.457 e. The lowest BCUT2D eigenvalue weighted by molar-refractivity contribution is 0.318. The van der Waals surface area contributed by atoms with Crippen LogP contribution in [0, 0.1) is 20.8 Å². The van der Waals surface area contributed by atoms with Crippen molar-refractivity contribution in [1.82, 2.24) is 0 Å². The second kappa shape index (κ2) is 5.65. The summed E-state index contributed by atoms with van der Waals surface area (Å²) in [5.74, 6) is 1.34. The molecule has 104 valence electrons. The van der Waals surface area contributed by atoms with E-state index in [2.05, 4.69) is 11.2 Å². The molecular weight excluding hydrogens is 252 g/mol. The number of hydrogen-bond donors (Lipinski definition) is 2. The SMILES string of the molecule is Cc1cc(C)cc(Oc2cc(C)ccc2C(N)=NO)c1. The third kappa shape index (κ3) is 3.09. The van der Waals surface area contributed by atoms with E-state index in [0.29, 0.717) is 11.3 Å². The molecule has 0 spiro atoms. The summed E-state index contributed by atoms with van der Waals surface area (Å²) in [6, 6.07) is 11.5. The minimum Gasteiger partial charge on any atom is -0.457 e. The molecule has 0 amide bonds. The third-order valence-electron chi connectivity index (χ3n) is 2.94. The lowest BCUT2D eigenvalue weighted by Crippen LogP contribution is -2.14. The van der Waals surface area contributed by atoms with Gasteiger partial charge in [0.15, 0.2) is 5.84 Å². The molecule has 0 aliphatic heterocycles. The Labute approximate surface area is 118 Å². The molecule has 0 saturated carbocycles. The molecule has 4 nitrogen and oxygen atoms in total. The van der Waals surface area contributed by atoms with E-state index in [9.17, 15) is 0 Å². The number of nitrogens with two attached hydrogens (primary N) is 1. The predicted molar refractivity (Wildman–Crippen MR) is 79.7 cm³/mol. The normalized spacial score (nSPS) is 11.4. The first-order chi connectivity index (χ1) is 9.49. The van der Waals surface area contributed by atoms with Gasteiger partial charge in [-0.05, 0) is 61.7 Å². The van der Waals surface area contributed by atoms with Crippen LogP contribution in [0.5, 0.6) is 11.5 Å². The third-order valence-corrected chi connectivity index (χ3v) is 2.94. The van der Waals surface area contributed by atoms with Gasteiger partial charge in [0.25, 0.3) is 0 Å². The highest BCUT2D eigenvalue weighted by atomic mass is 16.5. The van der Waals surface area contributed by atoms with Crippen molar-refractivity contribution in [2.75, 3.05) is 0 Å². The Kier molecular flexibility index (Phi) is 3.94. The maximum atomic E-state index is 8.84. The highest BCUT2D eigenvalue weighted by Crippen LogP contribution is 2.28. The summed E-state index contributed by atoms with van der Waals surface area (Å²) in [6.45, 7) is 5.99. The van der Waals surface area contributed by atoms with Crippen molar-refractivity contribution in [2.45, 2.75) is 20.8 Å². The molecule has 3 N–H and O–H groups in total. The average molecular weight is 270 g/mol. The second-order valence-electron chi connectivity index (χ2n) is 4.91. The zero-order chi connectivity index (χ0) is 14.7. The Bertz CT molecular complexity index is 643. The van der Waals surface area contributed by atoms with Crippen molar-refractivity contribution in [3.05, 3.63) is 58.7 Å². The van der Waals surface area contributed by atoms with Gasteiger partial charge in [-0.3, -0.25) is 0 Å². The number of benzene rings is 2. The minimum absolute atomic E-state index is 0.0318. The number of ether oxygens (including phenoxy) is 1. The minimum atomic E-state index is 0.0318. The Morgan fingerprint density at radius 1 is 1.00 bits per heavy atom. The molecule has 0 aromatic heterocycles. The van der Waals surface area contributed by atoms with Gasteiger partial charge in [0.2, 0.25) is 0 Å². The zero-order valence-corrected chi connectivity index (χ0v) is 11.8. The Morgan fingerprint density at radius 3 is 2.25 bits per heavy atom. The lowest BCUT2D eigenvalue weighted by Gasteiger charge is -2.12. The van der Waals surface area contributed by atoms with E-state index in [-0.39, 0.29) is 5.84 Å². The predicted octanol–water partition coefficient (Wildman–Crippen LogP) is 3.50. The van der Waals surface area contributed by atoms with E-state index in [1.54, 1.807) is 6.07 Å². The molecule has 0 aliphatic carbocycles. The van der Waals surface area contributed by atoms with E-state index < -0.39 is 0 Å². The van der Waals surface area contributed by atoms with Crippen LogP contribution < -0.4 is 10.5 Å². The van der Waals surface area contributed by atoms with Crippen LogP contribution >= 0.6 is 0 Å². The Hall–Kier alpha value is -2.49. The van der Waals surface area contributed by atoms with E-state index >= 15 is 0 Å². The topological polar surface area (TPSA) is 67.8 Å². The van der Waals surface area contributed by atoms with Gasteiger partial charge in [0, 0.05) is 0 Å². The summed E-state index contributed by atoms with van der Waals surface area (Å²) in [7, 11) is 0. The Morgan fingerprint density at radius 2 is 1.65 bits per heavy atom. The number of aryl methyl sites for hydroxylation is 3. The van der Waals surface area contributed by atoms with Crippen molar-refractivity contribution in [2.24, 2.45) is 10.9 Å². The fourth-order valence-electron chi connectivity index (χ4n) is 2.10. The zero-order valence-electron chi connectivity index (χ0n) is 11.8. The molecule has 0 atom stereocenters. The van der Waals surface area contributed by atoms with Crippen LogP contribution in [0.2, 0.25) is 0 Å². The van der Waals surface area contributed by atoms with Crippen LogP contribution in [0.4, 0.5) is 0 Å². The van der Waals surface area contributed by atoms with Crippen LogP contribution in [0.25, 0.3) is 0 Å². The molecule has 0 heterocycles. The molecule has 0 saturated heterocycles. The Balaban J connectivity index is 2.44. The van der Waals surface area contributed by atoms with Crippen LogP contribution in [0.1, 0.15) is 22.3 Å². The van der Waals surface area contributed by atoms with Crippen LogP contribution in [0.15, 0.2) is 41.6 Å². The molecule has 20 heavy (non-hydrogen) atoms. The molecule has 0 aliphatic rings. The van der Waals surface area contributed by atoms with Gasteiger partial charge in [-0.2, -0.15) is 0 Å². The summed E-state index contributed by atoms with van der Waals surface area (Å²) >= 11 is 0. The summed E-state index contributed by atoms with van der Waals surface area (Å²) < 4.78 is 5.90. The fourth-order valence-corrected chi connectivity index (χ4v) is 2.10. The van der Waals surface area contributed by atoms with Crippen molar-refractivity contribution >= 4 is 5.84 Å². The van der Waals surface area contributed by atoms with Gasteiger partial charge in [0.05, 0.1) is 5.56 Å². The first kappa shape index (κ1) is 13.9. The molecule has 2 aromatic carbocycles. The van der Waals surface area contributed by atoms with Crippen molar-refractivity contribution in [1.29, 1.82) is 0 Å². The van der Waals surface area contributed by atoms with E-state index in [4.69, 9.17) is 15.7 Å². The number of nitrogens with zero attached hydrogens (tertiary/aromatic N) is 1. The van der Waals surface area contributed by atoms with Gasteiger partial charge >= 0.3 is 0 Å². The smallest absolute Gasteiger partial charge is 0.173 e. The number of oxime groups is 1. The van der Waals surface area contributed by atoms with Gasteiger partial charge < -0.3 is 15.7 Å². The van der Waals surface area contributed by atoms with Crippen molar-refractivity contribution in [3.63, 3.8) is 0 Å². The molecule has 0 fully saturated rings. The summed E-state index contributed by atoms with van der Waals surface area (Å²) in [6.07, 6.45) is 0. The van der Waals surface area contributed by atoms with E-state index in [1.807, 2.05) is 45.0 Å². The highest BCUT2D eigenvalue weighted by molar-refractivity contribution is 5.99. The summed E-state index contributed by atoms with van der Waals surface area (Å²) in [5.41, 5.74) is 9.53. The lowest BCUT2D eigenvalue weighted by atomic mass is 10.1. The molecule has 0 unspecified atom stereocenters. The molecule has 4 heteroatoms. The first-order valence-corrected chi connectivity index (χ1v) is 6.34.